The largest absolute Gasteiger partial charge is 0.493 e. The number of methoxy groups -OCH3 is 1. The van der Waals surface area contributed by atoms with Gasteiger partial charge in [0.25, 0.3) is 0 Å². The summed E-state index contributed by atoms with van der Waals surface area (Å²) >= 11 is 5.99. The Bertz CT molecular complexity index is 1240. The van der Waals surface area contributed by atoms with Crippen LogP contribution in [0.1, 0.15) is 41.1 Å². The molecule has 1 atom stereocenters. The third-order valence-electron chi connectivity index (χ3n) is 2.59. The second-order valence-electron chi connectivity index (χ2n) is 3.90. The molecule has 1 fully saturated rings. The molecule has 2 heterocycles. The number of hydrogen-bond acceptors (Lipinski definition) is 5. The molecular weight excluding hydrogens is 302 g/mol. The summed E-state index contributed by atoms with van der Waals surface area (Å²) in [6, 6.07) is 1.90. The van der Waals surface area contributed by atoms with E-state index >= 15 is 0 Å². The van der Waals surface area contributed by atoms with E-state index in [0.717, 1.165) is 18.5 Å². The van der Waals surface area contributed by atoms with Crippen molar-refractivity contribution in [3.63, 3.8) is 0 Å². The summed E-state index contributed by atoms with van der Waals surface area (Å²) in [6.45, 7) is -14.0. The smallest absolute Gasteiger partial charge is 0.163 e. The average Bonchev–Trinajstić information content (AvgIpc) is 2.81. The number of halogens is 1. The molecule has 0 amide bonds. The van der Waals surface area contributed by atoms with E-state index in [4.69, 9.17) is 43.0 Å². The summed E-state index contributed by atoms with van der Waals surface area (Å²) in [4.78, 5) is 7.23. The number of likely N-dealkylation sites (tertiary alicyclic amines) is 1. The quantitative estimate of drug-likeness (QED) is 0.758. The molecule has 0 saturated carbocycles. The Labute approximate surface area is 157 Å². The second kappa shape index (κ2) is 7.11. The lowest BCUT2D eigenvalue weighted by Gasteiger charge is -2.15. The molecule has 22 heavy (non-hydrogen) atoms. The third kappa shape index (κ3) is 3.42. The fourth-order valence-corrected chi connectivity index (χ4v) is 1.83. The molecule has 1 aliphatic rings. The zero-order chi connectivity index (χ0) is 29.5. The van der Waals surface area contributed by atoms with Crippen LogP contribution < -0.4 is 9.47 Å². The lowest BCUT2D eigenvalue weighted by Crippen LogP contribution is -2.21. The molecule has 118 valence electrons. The topological polar surface area (TPSA) is 47.5 Å². The van der Waals surface area contributed by atoms with E-state index in [1.165, 1.54) is 0 Å². The van der Waals surface area contributed by atoms with E-state index in [1.807, 2.05) is 0 Å². The molecule has 1 aliphatic heterocycles. The SMILES string of the molecule is [2H]C1N(C([2H])([2H])C([2H])([2H])C([2H])([2H])Oc2cc3ncnc(Cl)c3cc2OC([2H])([2H])[2H])C([2H])([2H])C([2H])([2H])C1([2H])[2H]. The lowest BCUT2D eigenvalue weighted by atomic mass is 10.2. The van der Waals surface area contributed by atoms with E-state index in [0.29, 0.717) is 0 Å². The molecule has 5 nitrogen and oxygen atoms in total. The Morgan fingerprint density at radius 3 is 3.18 bits per heavy atom. The zero-order valence-corrected chi connectivity index (χ0v) is 11.6. The molecule has 6 heteroatoms. The van der Waals surface area contributed by atoms with E-state index in [9.17, 15) is 0 Å². The van der Waals surface area contributed by atoms with Crippen molar-refractivity contribution in [2.75, 3.05) is 33.1 Å². The summed E-state index contributed by atoms with van der Waals surface area (Å²) in [5.74, 6) is -1.46. The third-order valence-corrected chi connectivity index (χ3v) is 2.89. The van der Waals surface area contributed by atoms with Gasteiger partial charge in [-0.2, -0.15) is 0 Å². The Morgan fingerprint density at radius 1 is 1.41 bits per heavy atom. The predicted octanol–water partition coefficient (Wildman–Crippen LogP) is 3.16. The average molecular weight is 338 g/mol. The number of ether oxygens (including phenoxy) is 2. The van der Waals surface area contributed by atoms with Crippen molar-refractivity contribution in [2.45, 2.75) is 19.1 Å². The number of benzene rings is 1. The van der Waals surface area contributed by atoms with Crippen LogP contribution in [-0.2, 0) is 0 Å². The molecular formula is C16H20ClN3O2. The number of nitrogens with zero attached hydrogens (tertiary/aromatic N) is 3. The minimum absolute atomic E-state index is 0.0271. The fourth-order valence-electron chi connectivity index (χ4n) is 1.64. The molecule has 0 spiro atoms. The van der Waals surface area contributed by atoms with Gasteiger partial charge in [0.05, 0.1) is 26.0 Å². The number of aromatic nitrogens is 2. The molecule has 0 bridgehead atoms. The van der Waals surface area contributed by atoms with Gasteiger partial charge < -0.3 is 14.4 Å². The van der Waals surface area contributed by atoms with Crippen molar-refractivity contribution in [3.8, 4) is 11.5 Å². The molecule has 0 radical (unpaired) electrons. The van der Waals surface area contributed by atoms with Gasteiger partial charge in [-0.1, -0.05) is 11.6 Å². The summed E-state index contributed by atoms with van der Waals surface area (Å²) in [6.07, 6.45) is -9.80. The minimum atomic E-state index is -3.96. The van der Waals surface area contributed by atoms with E-state index < -0.39 is 63.7 Å². The highest BCUT2D eigenvalue weighted by Crippen LogP contribution is 2.33. The van der Waals surface area contributed by atoms with Gasteiger partial charge in [-0.25, -0.2) is 9.97 Å². The number of fused-ring (bicyclic) bond motifs is 1. The molecule has 1 aromatic heterocycles. The first kappa shape index (κ1) is 5.21. The maximum Gasteiger partial charge on any atom is 0.163 e. The summed E-state index contributed by atoms with van der Waals surface area (Å²) in [5, 5.41) is -0.0978. The van der Waals surface area contributed by atoms with Crippen LogP contribution in [0.4, 0.5) is 0 Å². The summed E-state index contributed by atoms with van der Waals surface area (Å²) in [5.41, 5.74) is -0.0271. The first-order valence-electron chi connectivity index (χ1n) is 13.9. The van der Waals surface area contributed by atoms with E-state index in [1.54, 1.807) is 0 Å². The number of hydrogen-bond donors (Lipinski definition) is 0. The maximum atomic E-state index is 8.29. The van der Waals surface area contributed by atoms with Crippen molar-refractivity contribution in [1.29, 1.82) is 0 Å². The molecule has 3 rings (SSSR count). The van der Waals surface area contributed by atoms with Crippen molar-refractivity contribution in [1.82, 2.24) is 14.9 Å². The first-order valence-corrected chi connectivity index (χ1v) is 6.25. The normalized spacial score (nSPS) is 38.9. The van der Waals surface area contributed by atoms with Gasteiger partial charge >= 0.3 is 0 Å². The number of rotatable bonds is 6. The summed E-state index contributed by atoms with van der Waals surface area (Å²) in [7, 11) is -3.12. The first-order chi connectivity index (χ1) is 16.8. The predicted molar refractivity (Wildman–Crippen MR) is 86.9 cm³/mol. The molecule has 2 aromatic rings. The molecule has 1 saturated heterocycles. The molecule has 1 aromatic carbocycles. The Morgan fingerprint density at radius 2 is 2.36 bits per heavy atom. The van der Waals surface area contributed by atoms with Gasteiger partial charge in [0.15, 0.2) is 11.5 Å². The van der Waals surface area contributed by atoms with Crippen LogP contribution in [0.25, 0.3) is 10.9 Å². The standard InChI is InChI=1S/C16H20ClN3O2/c1-21-14-9-12-13(18-11-19-16(12)17)10-15(14)22-8-4-7-20-5-2-3-6-20/h9-11H,2-8H2,1H3/i1D3,2D2,3D2,4D2,5D,6D2,7D2,8D2. The molecule has 0 N–H and O–H groups in total. The van der Waals surface area contributed by atoms with Crippen LogP contribution in [0, 0.1) is 0 Å². The molecule has 0 aliphatic carbocycles. The maximum absolute atomic E-state index is 8.29. The van der Waals surface area contributed by atoms with E-state index in [-0.39, 0.29) is 21.0 Å². The van der Waals surface area contributed by atoms with E-state index in [2.05, 4.69) is 9.97 Å². The Hall–Kier alpha value is -1.59. The highest BCUT2D eigenvalue weighted by atomic mass is 35.5. The summed E-state index contributed by atoms with van der Waals surface area (Å²) < 4.78 is 137. The van der Waals surface area contributed by atoms with Crippen LogP contribution in [0.2, 0.25) is 5.15 Å². The Kier molecular flexibility index (Phi) is 1.69. The highest BCUT2D eigenvalue weighted by molar-refractivity contribution is 6.34. The van der Waals surface area contributed by atoms with Crippen molar-refractivity contribution in [2.24, 2.45) is 0 Å². The van der Waals surface area contributed by atoms with Crippen LogP contribution in [0.3, 0.4) is 0 Å². The van der Waals surface area contributed by atoms with Crippen molar-refractivity contribution < 1.29 is 31.4 Å². The highest BCUT2D eigenvalue weighted by Gasteiger charge is 2.12. The monoisotopic (exact) mass is 337 g/mol. The fraction of sp³-hybridized carbons (Fsp3) is 0.500. The van der Waals surface area contributed by atoms with Gasteiger partial charge in [0, 0.05) is 33.0 Å². The van der Waals surface area contributed by atoms with Gasteiger partial charge in [0.1, 0.15) is 11.5 Å². The molecule has 1 unspecified atom stereocenters. The van der Waals surface area contributed by atoms with Gasteiger partial charge in [-0.15, -0.1) is 0 Å². The van der Waals surface area contributed by atoms with Crippen LogP contribution in [0.5, 0.6) is 11.5 Å². The van der Waals surface area contributed by atoms with Gasteiger partial charge in [-0.05, 0) is 38.2 Å². The second-order valence-corrected chi connectivity index (χ2v) is 4.26. The van der Waals surface area contributed by atoms with Crippen LogP contribution in [-0.4, -0.2) is 48.0 Å². The van der Waals surface area contributed by atoms with Crippen molar-refractivity contribution in [3.05, 3.63) is 23.6 Å². The van der Waals surface area contributed by atoms with Gasteiger partial charge in [-0.3, -0.25) is 0 Å². The lowest BCUT2D eigenvalue weighted by molar-refractivity contribution is 0.254. The zero-order valence-electron chi connectivity index (χ0n) is 26.8. The van der Waals surface area contributed by atoms with Crippen LogP contribution >= 0.6 is 11.6 Å². The van der Waals surface area contributed by atoms with Gasteiger partial charge in [0.2, 0.25) is 0 Å². The van der Waals surface area contributed by atoms with Crippen LogP contribution in [0.15, 0.2) is 18.5 Å². The van der Waals surface area contributed by atoms with Crippen molar-refractivity contribution >= 4 is 22.5 Å². The minimum Gasteiger partial charge on any atom is -0.493 e. The Balaban J connectivity index is 2.13.